The minimum absolute atomic E-state index is 0.268. The number of hydrogen-bond donors (Lipinski definition) is 3. The van der Waals surface area contributed by atoms with Gasteiger partial charge in [-0.15, -0.1) is 0 Å². The zero-order valence-electron chi connectivity index (χ0n) is 10.3. The van der Waals surface area contributed by atoms with E-state index in [-0.39, 0.29) is 12.3 Å². The summed E-state index contributed by atoms with van der Waals surface area (Å²) in [4.78, 5) is 22.7. The highest BCUT2D eigenvalue weighted by atomic mass is 16.4. The summed E-state index contributed by atoms with van der Waals surface area (Å²) in [5.74, 6) is -1.33. The summed E-state index contributed by atoms with van der Waals surface area (Å²) >= 11 is 0. The largest absolute Gasteiger partial charge is 0.479 e. The van der Waals surface area contributed by atoms with Gasteiger partial charge in [0.05, 0.1) is 0 Å². The van der Waals surface area contributed by atoms with Crippen LogP contribution in [0.25, 0.3) is 0 Å². The first-order chi connectivity index (χ1) is 8.65. The summed E-state index contributed by atoms with van der Waals surface area (Å²) in [5, 5.41) is 14.6. The number of carboxylic acid groups (broad SMARTS) is 1. The summed E-state index contributed by atoms with van der Waals surface area (Å²) in [6, 6.07) is 7.68. The highest BCUT2D eigenvalue weighted by molar-refractivity contribution is 5.84. The average molecular weight is 250 g/mol. The molecule has 0 heterocycles. The van der Waals surface area contributed by atoms with Crippen LogP contribution in [0.3, 0.4) is 0 Å². The van der Waals surface area contributed by atoms with Gasteiger partial charge < -0.3 is 15.7 Å². The van der Waals surface area contributed by atoms with Gasteiger partial charge in [0.2, 0.25) is 5.91 Å². The van der Waals surface area contributed by atoms with Crippen LogP contribution in [0.1, 0.15) is 24.9 Å². The number of carbonyl (C=O) groups is 2. The smallest absolute Gasteiger partial charge is 0.330 e. The molecule has 0 spiro atoms. The van der Waals surface area contributed by atoms with Crippen molar-refractivity contribution in [3.05, 3.63) is 35.9 Å². The van der Waals surface area contributed by atoms with Crippen molar-refractivity contribution in [1.82, 2.24) is 10.6 Å². The van der Waals surface area contributed by atoms with E-state index in [4.69, 9.17) is 5.11 Å². The number of nitrogens with one attached hydrogen (secondary N) is 2. The normalized spacial score (nSPS) is 11.8. The summed E-state index contributed by atoms with van der Waals surface area (Å²) < 4.78 is 0. The van der Waals surface area contributed by atoms with E-state index in [1.807, 2.05) is 6.92 Å². The molecule has 0 aliphatic heterocycles. The summed E-state index contributed by atoms with van der Waals surface area (Å²) in [5.41, 5.74) is 0.571. The van der Waals surface area contributed by atoms with E-state index in [9.17, 15) is 9.59 Å². The Morgan fingerprint density at radius 3 is 2.50 bits per heavy atom. The second-order valence-corrected chi connectivity index (χ2v) is 3.85. The molecule has 0 fully saturated rings. The maximum Gasteiger partial charge on any atom is 0.330 e. The first kappa shape index (κ1) is 14.2. The summed E-state index contributed by atoms with van der Waals surface area (Å²) in [7, 11) is 0. The first-order valence-corrected chi connectivity index (χ1v) is 5.93. The second kappa shape index (κ2) is 7.45. The van der Waals surface area contributed by atoms with Gasteiger partial charge >= 0.3 is 5.97 Å². The molecule has 18 heavy (non-hydrogen) atoms. The molecule has 3 N–H and O–H groups in total. The van der Waals surface area contributed by atoms with E-state index < -0.39 is 12.0 Å². The fourth-order valence-corrected chi connectivity index (χ4v) is 1.54. The summed E-state index contributed by atoms with van der Waals surface area (Å²) in [6.07, 6.45) is 0.268. The fraction of sp³-hybridized carbons (Fsp3) is 0.385. The van der Waals surface area contributed by atoms with Crippen molar-refractivity contribution < 1.29 is 14.7 Å². The van der Waals surface area contributed by atoms with E-state index in [0.717, 1.165) is 6.54 Å². The maximum atomic E-state index is 11.6. The molecule has 5 nitrogen and oxygen atoms in total. The molecular formula is C13H18N2O3. The van der Waals surface area contributed by atoms with Crippen LogP contribution >= 0.6 is 0 Å². The van der Waals surface area contributed by atoms with Gasteiger partial charge in [0.25, 0.3) is 0 Å². The summed E-state index contributed by atoms with van der Waals surface area (Å²) in [6.45, 7) is 3.28. The molecule has 0 unspecified atom stereocenters. The van der Waals surface area contributed by atoms with Crippen LogP contribution in [0.4, 0.5) is 0 Å². The van der Waals surface area contributed by atoms with Gasteiger partial charge in [0.15, 0.2) is 6.04 Å². The van der Waals surface area contributed by atoms with Gasteiger partial charge in [-0.1, -0.05) is 37.3 Å². The molecule has 0 radical (unpaired) electrons. The van der Waals surface area contributed by atoms with Crippen molar-refractivity contribution >= 4 is 11.9 Å². The van der Waals surface area contributed by atoms with Crippen LogP contribution in [0.5, 0.6) is 0 Å². The molecule has 0 saturated carbocycles. The quantitative estimate of drug-likeness (QED) is 0.629. The van der Waals surface area contributed by atoms with Gasteiger partial charge in [-0.05, 0) is 12.1 Å². The Labute approximate surface area is 106 Å². The Kier molecular flexibility index (Phi) is 5.87. The molecule has 0 bridgehead atoms. The SMILES string of the molecule is CCNCCC(=O)N[C@@H](C(=O)O)c1ccccc1. The molecule has 0 aromatic heterocycles. The maximum absolute atomic E-state index is 11.6. The van der Waals surface area contributed by atoms with Gasteiger partial charge in [-0.3, -0.25) is 4.79 Å². The number of carbonyl (C=O) groups excluding carboxylic acids is 1. The van der Waals surface area contributed by atoms with Crippen molar-refractivity contribution in [3.8, 4) is 0 Å². The predicted molar refractivity (Wildman–Crippen MR) is 68.1 cm³/mol. The number of aliphatic carboxylic acids is 1. The third kappa shape index (κ3) is 4.55. The highest BCUT2D eigenvalue weighted by Gasteiger charge is 2.21. The van der Waals surface area contributed by atoms with Crippen molar-refractivity contribution in [2.75, 3.05) is 13.1 Å². The van der Waals surface area contributed by atoms with E-state index >= 15 is 0 Å². The van der Waals surface area contributed by atoms with Crippen molar-refractivity contribution in [2.24, 2.45) is 0 Å². The van der Waals surface area contributed by atoms with Crippen LogP contribution in [0.15, 0.2) is 30.3 Å². The predicted octanol–water partition coefficient (Wildman–Crippen LogP) is 0.928. The number of benzene rings is 1. The highest BCUT2D eigenvalue weighted by Crippen LogP contribution is 2.12. The van der Waals surface area contributed by atoms with Gasteiger partial charge in [-0.25, -0.2) is 4.79 Å². The van der Waals surface area contributed by atoms with E-state index in [0.29, 0.717) is 12.1 Å². The molecule has 1 aromatic rings. The van der Waals surface area contributed by atoms with Gasteiger partial charge in [0, 0.05) is 13.0 Å². The van der Waals surface area contributed by atoms with E-state index in [1.165, 1.54) is 0 Å². The average Bonchev–Trinajstić information content (AvgIpc) is 2.37. The van der Waals surface area contributed by atoms with Gasteiger partial charge in [0.1, 0.15) is 0 Å². The lowest BCUT2D eigenvalue weighted by Crippen LogP contribution is -2.35. The molecule has 0 saturated heterocycles. The Morgan fingerprint density at radius 1 is 1.28 bits per heavy atom. The van der Waals surface area contributed by atoms with E-state index in [2.05, 4.69) is 10.6 Å². The lowest BCUT2D eigenvalue weighted by Gasteiger charge is -2.14. The standard InChI is InChI=1S/C13H18N2O3/c1-2-14-9-8-11(16)15-12(13(17)18)10-6-4-3-5-7-10/h3-7,12,14H,2,8-9H2,1H3,(H,15,16)(H,17,18)/t12-/m1/s1. The lowest BCUT2D eigenvalue weighted by atomic mass is 10.1. The number of carboxylic acids is 1. The van der Waals surface area contributed by atoms with Crippen molar-refractivity contribution in [2.45, 2.75) is 19.4 Å². The van der Waals surface area contributed by atoms with Crippen LogP contribution in [0.2, 0.25) is 0 Å². The monoisotopic (exact) mass is 250 g/mol. The molecule has 1 aromatic carbocycles. The van der Waals surface area contributed by atoms with Crippen LogP contribution in [-0.4, -0.2) is 30.1 Å². The Bertz CT molecular complexity index is 392. The molecule has 1 amide bonds. The zero-order valence-corrected chi connectivity index (χ0v) is 10.3. The molecule has 98 valence electrons. The fourth-order valence-electron chi connectivity index (χ4n) is 1.54. The Balaban J connectivity index is 2.59. The molecule has 0 aliphatic rings. The minimum atomic E-state index is -1.06. The first-order valence-electron chi connectivity index (χ1n) is 5.93. The van der Waals surface area contributed by atoms with Crippen LogP contribution in [-0.2, 0) is 9.59 Å². The molecule has 1 atom stereocenters. The topological polar surface area (TPSA) is 78.4 Å². The molecule has 5 heteroatoms. The number of amides is 1. The third-order valence-electron chi connectivity index (χ3n) is 2.46. The number of rotatable bonds is 7. The van der Waals surface area contributed by atoms with Crippen LogP contribution in [0, 0.1) is 0 Å². The Hall–Kier alpha value is -1.88. The zero-order chi connectivity index (χ0) is 13.4. The molecule has 0 aliphatic carbocycles. The minimum Gasteiger partial charge on any atom is -0.479 e. The van der Waals surface area contributed by atoms with Crippen LogP contribution < -0.4 is 10.6 Å². The molecular weight excluding hydrogens is 232 g/mol. The third-order valence-corrected chi connectivity index (χ3v) is 2.46. The number of hydrogen-bond acceptors (Lipinski definition) is 3. The van der Waals surface area contributed by atoms with Crippen molar-refractivity contribution in [1.29, 1.82) is 0 Å². The van der Waals surface area contributed by atoms with Gasteiger partial charge in [-0.2, -0.15) is 0 Å². The second-order valence-electron chi connectivity index (χ2n) is 3.85. The Morgan fingerprint density at radius 2 is 1.94 bits per heavy atom. The molecule has 1 rings (SSSR count). The van der Waals surface area contributed by atoms with Crippen molar-refractivity contribution in [3.63, 3.8) is 0 Å². The lowest BCUT2D eigenvalue weighted by molar-refractivity contribution is -0.142. The van der Waals surface area contributed by atoms with E-state index in [1.54, 1.807) is 30.3 Å².